The van der Waals surface area contributed by atoms with Gasteiger partial charge in [-0.15, -0.1) is 0 Å². The Kier molecular flexibility index (Phi) is 3.63. The number of aromatic nitrogens is 4. The third kappa shape index (κ3) is 2.54. The largest absolute Gasteiger partial charge is 0.378 e. The van der Waals surface area contributed by atoms with E-state index in [0.717, 1.165) is 41.5 Å². The van der Waals surface area contributed by atoms with Crippen molar-refractivity contribution in [2.75, 3.05) is 31.2 Å². The van der Waals surface area contributed by atoms with Gasteiger partial charge in [-0.2, -0.15) is 0 Å². The van der Waals surface area contributed by atoms with Gasteiger partial charge in [0, 0.05) is 37.2 Å². The smallest absolute Gasteiger partial charge is 0.181 e. The Labute approximate surface area is 138 Å². The van der Waals surface area contributed by atoms with E-state index in [1.807, 2.05) is 29.7 Å². The zero-order chi connectivity index (χ0) is 15.8. The Morgan fingerprint density at radius 1 is 1.13 bits per heavy atom. The van der Waals surface area contributed by atoms with Crippen LogP contribution in [0.25, 0.3) is 16.9 Å². The lowest BCUT2D eigenvalue weighted by molar-refractivity contribution is 0.122. The Hall–Kier alpha value is -2.18. The van der Waals surface area contributed by atoms with Crippen LogP contribution in [0.1, 0.15) is 5.69 Å². The Balaban J connectivity index is 1.95. The van der Waals surface area contributed by atoms with Crippen LogP contribution in [-0.4, -0.2) is 45.7 Å². The molecule has 0 saturated carbocycles. The molecular formula is C16H16ClN5O. The van der Waals surface area contributed by atoms with Crippen LogP contribution in [0, 0.1) is 6.92 Å². The molecule has 0 amide bonds. The number of morpholine rings is 1. The number of anilines is 1. The molecule has 0 N–H and O–H groups in total. The molecule has 0 spiro atoms. The van der Waals surface area contributed by atoms with Gasteiger partial charge in [0.15, 0.2) is 11.5 Å². The van der Waals surface area contributed by atoms with Gasteiger partial charge in [-0.3, -0.25) is 9.38 Å². The summed E-state index contributed by atoms with van der Waals surface area (Å²) in [4.78, 5) is 15.7. The van der Waals surface area contributed by atoms with E-state index in [1.54, 1.807) is 12.4 Å². The Morgan fingerprint density at radius 2 is 1.87 bits per heavy atom. The van der Waals surface area contributed by atoms with E-state index in [1.165, 1.54) is 0 Å². The van der Waals surface area contributed by atoms with Crippen molar-refractivity contribution in [2.24, 2.45) is 0 Å². The monoisotopic (exact) mass is 329 g/mol. The molecule has 0 atom stereocenters. The van der Waals surface area contributed by atoms with Gasteiger partial charge >= 0.3 is 0 Å². The molecule has 0 bridgehead atoms. The van der Waals surface area contributed by atoms with E-state index in [2.05, 4.69) is 14.9 Å². The maximum Gasteiger partial charge on any atom is 0.181 e. The molecule has 1 saturated heterocycles. The van der Waals surface area contributed by atoms with Crippen LogP contribution in [0.15, 0.2) is 30.7 Å². The summed E-state index contributed by atoms with van der Waals surface area (Å²) in [5.74, 6) is 0.845. The van der Waals surface area contributed by atoms with E-state index in [-0.39, 0.29) is 0 Å². The molecule has 118 valence electrons. The van der Waals surface area contributed by atoms with E-state index < -0.39 is 0 Å². The molecule has 0 aliphatic carbocycles. The highest BCUT2D eigenvalue weighted by Crippen LogP contribution is 2.31. The van der Waals surface area contributed by atoms with Gasteiger partial charge < -0.3 is 9.64 Å². The highest BCUT2D eigenvalue weighted by atomic mass is 35.5. The Morgan fingerprint density at radius 3 is 2.61 bits per heavy atom. The third-order valence-electron chi connectivity index (χ3n) is 3.92. The van der Waals surface area contributed by atoms with Gasteiger partial charge in [-0.1, -0.05) is 11.6 Å². The topological polar surface area (TPSA) is 55.5 Å². The molecule has 4 heterocycles. The third-order valence-corrected chi connectivity index (χ3v) is 4.28. The van der Waals surface area contributed by atoms with Crippen molar-refractivity contribution < 1.29 is 4.74 Å². The lowest BCUT2D eigenvalue weighted by Gasteiger charge is -2.28. The molecule has 7 heteroatoms. The summed E-state index contributed by atoms with van der Waals surface area (Å²) in [6, 6.07) is 3.82. The SMILES string of the molecule is Cc1cn2c(Cl)c(-c3ccncc3)nc(N3CCOCC3)c2n1. The second-order valence-electron chi connectivity index (χ2n) is 5.49. The first-order valence-corrected chi connectivity index (χ1v) is 7.90. The molecule has 3 aromatic rings. The number of hydrogen-bond acceptors (Lipinski definition) is 5. The van der Waals surface area contributed by atoms with Crippen molar-refractivity contribution in [1.29, 1.82) is 0 Å². The van der Waals surface area contributed by atoms with Gasteiger partial charge in [-0.05, 0) is 19.1 Å². The summed E-state index contributed by atoms with van der Waals surface area (Å²) in [5, 5.41) is 0.559. The Bertz CT molecular complexity index is 843. The highest BCUT2D eigenvalue weighted by Gasteiger charge is 2.21. The van der Waals surface area contributed by atoms with Crippen LogP contribution in [-0.2, 0) is 4.74 Å². The van der Waals surface area contributed by atoms with Crippen molar-refractivity contribution in [1.82, 2.24) is 19.4 Å². The number of imidazole rings is 1. The number of fused-ring (bicyclic) bond motifs is 1. The lowest BCUT2D eigenvalue weighted by atomic mass is 10.2. The van der Waals surface area contributed by atoms with Crippen molar-refractivity contribution in [3.05, 3.63) is 41.6 Å². The predicted molar refractivity (Wildman–Crippen MR) is 89.0 cm³/mol. The fourth-order valence-electron chi connectivity index (χ4n) is 2.80. The molecule has 0 unspecified atom stereocenters. The second-order valence-corrected chi connectivity index (χ2v) is 5.84. The van der Waals surface area contributed by atoms with Gasteiger partial charge in [0.25, 0.3) is 0 Å². The molecule has 1 aliphatic rings. The molecule has 0 aromatic carbocycles. The first-order valence-electron chi connectivity index (χ1n) is 7.52. The van der Waals surface area contributed by atoms with Crippen LogP contribution in [0.2, 0.25) is 5.15 Å². The van der Waals surface area contributed by atoms with Crippen molar-refractivity contribution in [3.8, 4) is 11.3 Å². The van der Waals surface area contributed by atoms with E-state index >= 15 is 0 Å². The minimum Gasteiger partial charge on any atom is -0.378 e. The molecule has 3 aromatic heterocycles. The maximum absolute atomic E-state index is 6.60. The van der Waals surface area contributed by atoms with Crippen LogP contribution < -0.4 is 4.90 Å². The van der Waals surface area contributed by atoms with Crippen LogP contribution >= 0.6 is 11.6 Å². The average molecular weight is 330 g/mol. The predicted octanol–water partition coefficient (Wildman–Crippen LogP) is 2.59. The second kappa shape index (κ2) is 5.79. The number of hydrogen-bond donors (Lipinski definition) is 0. The number of nitrogens with zero attached hydrogens (tertiary/aromatic N) is 5. The standard InChI is InChI=1S/C16H16ClN5O/c1-11-10-22-14(17)13(12-2-4-18-5-3-12)20-15(16(22)19-11)21-6-8-23-9-7-21/h2-5,10H,6-9H2,1H3. The van der Waals surface area contributed by atoms with Gasteiger partial charge in [0.2, 0.25) is 0 Å². The van der Waals surface area contributed by atoms with Gasteiger partial charge in [0.05, 0.1) is 18.9 Å². The quantitative estimate of drug-likeness (QED) is 0.723. The molecular weight excluding hydrogens is 314 g/mol. The summed E-state index contributed by atoms with van der Waals surface area (Å²) in [6.45, 7) is 4.94. The normalized spacial score (nSPS) is 15.3. The molecule has 6 nitrogen and oxygen atoms in total. The highest BCUT2D eigenvalue weighted by molar-refractivity contribution is 6.32. The fraction of sp³-hybridized carbons (Fsp3) is 0.312. The molecule has 23 heavy (non-hydrogen) atoms. The minimum atomic E-state index is 0.559. The lowest BCUT2D eigenvalue weighted by Crippen LogP contribution is -2.37. The summed E-state index contributed by atoms with van der Waals surface area (Å²) >= 11 is 6.60. The first-order chi connectivity index (χ1) is 11.2. The fourth-order valence-corrected chi connectivity index (χ4v) is 3.08. The molecule has 0 radical (unpaired) electrons. The van der Waals surface area contributed by atoms with Crippen LogP contribution in [0.3, 0.4) is 0 Å². The maximum atomic E-state index is 6.60. The van der Waals surface area contributed by atoms with Gasteiger partial charge in [-0.25, -0.2) is 9.97 Å². The minimum absolute atomic E-state index is 0.559. The molecule has 1 aliphatic heterocycles. The molecule has 1 fully saturated rings. The van der Waals surface area contributed by atoms with E-state index in [0.29, 0.717) is 18.4 Å². The van der Waals surface area contributed by atoms with Crippen molar-refractivity contribution in [2.45, 2.75) is 6.92 Å². The first kappa shape index (κ1) is 14.4. The number of pyridine rings is 1. The summed E-state index contributed by atoms with van der Waals surface area (Å²) < 4.78 is 7.35. The summed E-state index contributed by atoms with van der Waals surface area (Å²) in [6.07, 6.45) is 5.42. The summed E-state index contributed by atoms with van der Waals surface area (Å²) in [7, 11) is 0. The number of ether oxygens (including phenoxy) is 1. The zero-order valence-corrected chi connectivity index (χ0v) is 13.5. The van der Waals surface area contributed by atoms with Gasteiger partial charge in [0.1, 0.15) is 10.8 Å². The molecule has 4 rings (SSSR count). The number of rotatable bonds is 2. The number of halogens is 1. The average Bonchev–Trinajstić information content (AvgIpc) is 2.99. The van der Waals surface area contributed by atoms with E-state index in [9.17, 15) is 0 Å². The van der Waals surface area contributed by atoms with Crippen LogP contribution in [0.5, 0.6) is 0 Å². The van der Waals surface area contributed by atoms with Crippen molar-refractivity contribution in [3.63, 3.8) is 0 Å². The van der Waals surface area contributed by atoms with E-state index in [4.69, 9.17) is 21.3 Å². The van der Waals surface area contributed by atoms with Crippen LogP contribution in [0.4, 0.5) is 5.82 Å². The summed E-state index contributed by atoms with van der Waals surface area (Å²) in [5.41, 5.74) is 3.37. The zero-order valence-electron chi connectivity index (χ0n) is 12.7. The van der Waals surface area contributed by atoms with Crippen molar-refractivity contribution >= 4 is 23.1 Å². The number of aryl methyl sites for hydroxylation is 1.